The van der Waals surface area contributed by atoms with Crippen LogP contribution in [0.15, 0.2) is 12.2 Å². The van der Waals surface area contributed by atoms with Gasteiger partial charge < -0.3 is 24.6 Å². The second-order valence-corrected chi connectivity index (χ2v) is 16.5. The molecule has 0 saturated carbocycles. The van der Waals surface area contributed by atoms with Gasteiger partial charge in [0.15, 0.2) is 6.10 Å². The first-order valence-electron chi connectivity index (χ1n) is 22.1. The molecule has 0 aromatic heterocycles. The van der Waals surface area contributed by atoms with Crippen LogP contribution >= 0.6 is 7.82 Å². The minimum Gasteiger partial charge on any atom is -0.462 e. The number of carbonyl (C=O) groups is 2. The molecule has 1 unspecified atom stereocenters. The Balaban J connectivity index is 4.25. The lowest BCUT2D eigenvalue weighted by molar-refractivity contribution is -0.161. The van der Waals surface area contributed by atoms with Gasteiger partial charge in [0.1, 0.15) is 12.7 Å². The molecule has 10 nitrogen and oxygen atoms in total. The van der Waals surface area contributed by atoms with E-state index in [2.05, 4.69) is 26.0 Å². The van der Waals surface area contributed by atoms with Crippen molar-refractivity contribution in [1.82, 2.24) is 0 Å². The minimum absolute atomic E-state index is 0.189. The van der Waals surface area contributed by atoms with Gasteiger partial charge >= 0.3 is 19.8 Å². The van der Waals surface area contributed by atoms with Crippen molar-refractivity contribution in [2.45, 2.75) is 225 Å². The van der Waals surface area contributed by atoms with Crippen LogP contribution < -0.4 is 0 Å². The first-order chi connectivity index (χ1) is 26.2. The van der Waals surface area contributed by atoms with E-state index in [1.807, 2.05) is 0 Å². The Morgan fingerprint density at radius 2 is 0.907 bits per heavy atom. The summed E-state index contributed by atoms with van der Waals surface area (Å²) in [5.74, 6) is -0.919. The number of aliphatic hydroxyl groups is 2. The average Bonchev–Trinajstić information content (AvgIpc) is 3.16. The molecule has 0 heterocycles. The highest BCUT2D eigenvalue weighted by molar-refractivity contribution is 7.47. The van der Waals surface area contributed by atoms with Gasteiger partial charge in [-0.05, 0) is 38.5 Å². The summed E-state index contributed by atoms with van der Waals surface area (Å²) in [4.78, 5) is 35.0. The standard InChI is InChI=1S/C43H83O10P/c1-3-5-7-9-11-13-15-17-19-20-21-23-24-26-28-30-32-34-42(46)50-38-41(39-52-54(48,49)51-37-40(45)36-44)53-43(47)35-33-31-29-27-25-22-18-16-14-12-10-8-6-4-2/h17,19,40-41,44-45H,3-16,18,20-39H2,1-2H3,(H,48,49)/b19-17-/t40-,41+/m0/s1. The lowest BCUT2D eigenvalue weighted by Crippen LogP contribution is -2.29. The first kappa shape index (κ1) is 52.7. The van der Waals surface area contributed by atoms with Crippen molar-refractivity contribution in [2.75, 3.05) is 26.4 Å². The summed E-state index contributed by atoms with van der Waals surface area (Å²) in [5.41, 5.74) is 0. The second-order valence-electron chi connectivity index (χ2n) is 15.1. The molecular formula is C43H83O10P. The van der Waals surface area contributed by atoms with E-state index in [0.717, 1.165) is 44.9 Å². The highest BCUT2D eigenvalue weighted by Gasteiger charge is 2.27. The van der Waals surface area contributed by atoms with Crippen LogP contribution in [0.3, 0.4) is 0 Å². The second kappa shape index (κ2) is 39.9. The molecule has 54 heavy (non-hydrogen) atoms. The topological polar surface area (TPSA) is 149 Å². The molecule has 0 aliphatic rings. The van der Waals surface area contributed by atoms with Gasteiger partial charge in [-0.3, -0.25) is 18.6 Å². The number of phosphoric ester groups is 1. The summed E-state index contributed by atoms with van der Waals surface area (Å²) in [6, 6.07) is 0. The normalized spacial score (nSPS) is 13.9. The minimum atomic E-state index is -4.61. The molecule has 0 fully saturated rings. The van der Waals surface area contributed by atoms with E-state index in [9.17, 15) is 24.2 Å². The molecule has 0 aliphatic heterocycles. The largest absolute Gasteiger partial charge is 0.472 e. The number of hydrogen-bond acceptors (Lipinski definition) is 9. The van der Waals surface area contributed by atoms with Crippen molar-refractivity contribution in [3.8, 4) is 0 Å². The molecule has 0 spiro atoms. The van der Waals surface area contributed by atoms with Crippen molar-refractivity contribution < 1.29 is 47.8 Å². The number of phosphoric acid groups is 1. The highest BCUT2D eigenvalue weighted by atomic mass is 31.2. The van der Waals surface area contributed by atoms with Gasteiger partial charge in [-0.1, -0.05) is 174 Å². The van der Waals surface area contributed by atoms with E-state index < -0.39 is 51.8 Å². The zero-order valence-corrected chi connectivity index (χ0v) is 35.6. The Bertz CT molecular complexity index is 915. The lowest BCUT2D eigenvalue weighted by Gasteiger charge is -2.20. The van der Waals surface area contributed by atoms with Crippen molar-refractivity contribution in [1.29, 1.82) is 0 Å². The van der Waals surface area contributed by atoms with Gasteiger partial charge in [-0.25, -0.2) is 4.57 Å². The maximum absolute atomic E-state index is 12.6. The van der Waals surface area contributed by atoms with E-state index in [4.69, 9.17) is 23.6 Å². The fraction of sp³-hybridized carbons (Fsp3) is 0.907. The fourth-order valence-electron chi connectivity index (χ4n) is 6.22. The Kier molecular flexibility index (Phi) is 39.0. The summed E-state index contributed by atoms with van der Waals surface area (Å²) in [7, 11) is -4.61. The summed E-state index contributed by atoms with van der Waals surface area (Å²) in [5, 5.41) is 18.3. The van der Waals surface area contributed by atoms with Crippen LogP contribution in [-0.4, -0.2) is 65.7 Å². The van der Waals surface area contributed by atoms with Crippen LogP contribution in [0.25, 0.3) is 0 Å². The van der Waals surface area contributed by atoms with Crippen LogP contribution in [0.5, 0.6) is 0 Å². The molecule has 320 valence electrons. The third-order valence-corrected chi connectivity index (χ3v) is 10.6. The number of hydrogen-bond donors (Lipinski definition) is 3. The van der Waals surface area contributed by atoms with Gasteiger partial charge in [0.25, 0.3) is 0 Å². The van der Waals surface area contributed by atoms with Gasteiger partial charge in [0.2, 0.25) is 0 Å². The third kappa shape index (κ3) is 39.0. The summed E-state index contributed by atoms with van der Waals surface area (Å²) in [6.07, 6.45) is 37.4. The zero-order chi connectivity index (χ0) is 39.8. The van der Waals surface area contributed by atoms with E-state index in [-0.39, 0.29) is 19.4 Å². The molecule has 0 aromatic rings. The van der Waals surface area contributed by atoms with Crippen molar-refractivity contribution in [2.24, 2.45) is 0 Å². The van der Waals surface area contributed by atoms with Crippen molar-refractivity contribution >= 4 is 19.8 Å². The van der Waals surface area contributed by atoms with Crippen molar-refractivity contribution in [3.05, 3.63) is 12.2 Å². The van der Waals surface area contributed by atoms with Gasteiger partial charge in [-0.15, -0.1) is 0 Å². The van der Waals surface area contributed by atoms with Crippen LogP contribution in [0.4, 0.5) is 0 Å². The summed E-state index contributed by atoms with van der Waals surface area (Å²) in [6.45, 7) is 2.40. The molecule has 0 aliphatic carbocycles. The average molecular weight is 791 g/mol. The Labute approximate surface area is 330 Å². The number of esters is 2. The smallest absolute Gasteiger partial charge is 0.462 e. The van der Waals surface area contributed by atoms with Crippen LogP contribution in [0.2, 0.25) is 0 Å². The van der Waals surface area contributed by atoms with Gasteiger partial charge in [0.05, 0.1) is 19.8 Å². The van der Waals surface area contributed by atoms with Crippen LogP contribution in [0, 0.1) is 0 Å². The molecule has 0 radical (unpaired) electrons. The number of carbonyl (C=O) groups excluding carboxylic acids is 2. The molecule has 0 aromatic carbocycles. The first-order valence-corrected chi connectivity index (χ1v) is 23.6. The van der Waals surface area contributed by atoms with Crippen LogP contribution in [-0.2, 0) is 32.7 Å². The Morgan fingerprint density at radius 3 is 1.33 bits per heavy atom. The molecule has 3 atom stereocenters. The monoisotopic (exact) mass is 791 g/mol. The molecule has 0 saturated heterocycles. The van der Waals surface area contributed by atoms with E-state index in [1.54, 1.807) is 0 Å². The number of aliphatic hydroxyl groups excluding tert-OH is 2. The number of ether oxygens (including phenoxy) is 2. The number of rotatable bonds is 42. The molecular weight excluding hydrogens is 707 g/mol. The van der Waals surface area contributed by atoms with E-state index >= 15 is 0 Å². The molecule has 0 bridgehead atoms. The molecule has 0 amide bonds. The van der Waals surface area contributed by atoms with E-state index in [0.29, 0.717) is 12.8 Å². The summed E-state index contributed by atoms with van der Waals surface area (Å²) < 4.78 is 32.7. The fourth-order valence-corrected chi connectivity index (χ4v) is 7.01. The third-order valence-electron chi connectivity index (χ3n) is 9.67. The number of unbranched alkanes of at least 4 members (excludes halogenated alkanes) is 26. The summed E-state index contributed by atoms with van der Waals surface area (Å²) >= 11 is 0. The zero-order valence-electron chi connectivity index (χ0n) is 34.7. The lowest BCUT2D eigenvalue weighted by atomic mass is 10.0. The molecule has 11 heteroatoms. The van der Waals surface area contributed by atoms with Gasteiger partial charge in [0, 0.05) is 12.8 Å². The molecule has 3 N–H and O–H groups in total. The quantitative estimate of drug-likeness (QED) is 0.0236. The van der Waals surface area contributed by atoms with Gasteiger partial charge in [-0.2, -0.15) is 0 Å². The SMILES string of the molecule is CCCCCCCC/C=C\CCCCCCCCCC(=O)OC[C@H](COP(=O)(O)OC[C@@H](O)CO)OC(=O)CCCCCCCCCCCCCCCC. The predicted octanol–water partition coefficient (Wildman–Crippen LogP) is 11.6. The van der Waals surface area contributed by atoms with Crippen molar-refractivity contribution in [3.63, 3.8) is 0 Å². The maximum Gasteiger partial charge on any atom is 0.472 e. The number of allylic oxidation sites excluding steroid dienone is 2. The maximum atomic E-state index is 12.6. The Morgan fingerprint density at radius 1 is 0.537 bits per heavy atom. The highest BCUT2D eigenvalue weighted by Crippen LogP contribution is 2.43. The van der Waals surface area contributed by atoms with E-state index in [1.165, 1.54) is 128 Å². The van der Waals surface area contributed by atoms with Crippen LogP contribution in [0.1, 0.15) is 213 Å². The predicted molar refractivity (Wildman–Crippen MR) is 219 cm³/mol. The molecule has 0 rings (SSSR count). The Hall–Kier alpha value is -1.29.